The van der Waals surface area contributed by atoms with E-state index in [1.54, 1.807) is 19.1 Å². The van der Waals surface area contributed by atoms with Crippen molar-refractivity contribution in [3.05, 3.63) is 24.3 Å². The van der Waals surface area contributed by atoms with Crippen LogP contribution in [0.25, 0.3) is 0 Å². The number of benzene rings is 1. The molecule has 18 heavy (non-hydrogen) atoms. The van der Waals surface area contributed by atoms with Gasteiger partial charge in [-0.2, -0.15) is 0 Å². The average Bonchev–Trinajstić information content (AvgIpc) is 2.38. The Balaban J connectivity index is 2.99. The van der Waals surface area contributed by atoms with Gasteiger partial charge in [0.05, 0.1) is 12.0 Å². The lowest BCUT2D eigenvalue weighted by molar-refractivity contribution is 0.410. The van der Waals surface area contributed by atoms with E-state index >= 15 is 0 Å². The number of rotatable bonds is 6. The van der Waals surface area contributed by atoms with Crippen LogP contribution in [0.3, 0.4) is 0 Å². The quantitative estimate of drug-likeness (QED) is 0.812. The normalized spacial score (nSPS) is 15.1. The van der Waals surface area contributed by atoms with E-state index in [1.807, 2.05) is 6.92 Å². The number of nitrogens with one attached hydrogen (secondary N) is 1. The second-order valence-electron chi connectivity index (χ2n) is 4.40. The predicted octanol–water partition coefficient (Wildman–Crippen LogP) is 1.10. The van der Waals surface area contributed by atoms with Crippen LogP contribution < -0.4 is 15.2 Å². The van der Waals surface area contributed by atoms with Crippen LogP contribution in [0, 0.1) is 0 Å². The van der Waals surface area contributed by atoms with Crippen LogP contribution in [0.15, 0.2) is 29.2 Å². The highest BCUT2D eigenvalue weighted by Crippen LogP contribution is 2.18. The standard InChI is InChI=1S/C12H20N2O3S/c1-4-12(2,9-13)14-18(15,16)11-7-5-10(17-3)6-8-11/h5-8,14H,4,9,13H2,1-3H3. The highest BCUT2D eigenvalue weighted by Gasteiger charge is 2.27. The molecular formula is C12H20N2O3S. The molecule has 102 valence electrons. The van der Waals surface area contributed by atoms with Gasteiger partial charge in [-0.05, 0) is 37.6 Å². The summed E-state index contributed by atoms with van der Waals surface area (Å²) in [6, 6.07) is 6.24. The van der Waals surface area contributed by atoms with E-state index in [-0.39, 0.29) is 11.4 Å². The first-order valence-electron chi connectivity index (χ1n) is 5.75. The van der Waals surface area contributed by atoms with Crippen molar-refractivity contribution in [2.75, 3.05) is 13.7 Å². The summed E-state index contributed by atoms with van der Waals surface area (Å²) >= 11 is 0. The average molecular weight is 272 g/mol. The van der Waals surface area contributed by atoms with Gasteiger partial charge in [-0.3, -0.25) is 0 Å². The molecule has 0 aromatic heterocycles. The molecule has 0 fully saturated rings. The van der Waals surface area contributed by atoms with Gasteiger partial charge < -0.3 is 10.5 Å². The predicted molar refractivity (Wildman–Crippen MR) is 71.1 cm³/mol. The molecule has 0 aliphatic rings. The lowest BCUT2D eigenvalue weighted by Gasteiger charge is -2.27. The van der Waals surface area contributed by atoms with Crippen LogP contribution in [0.4, 0.5) is 0 Å². The molecule has 0 aliphatic carbocycles. The topological polar surface area (TPSA) is 81.4 Å². The first kappa shape index (κ1) is 14.9. The molecule has 6 heteroatoms. The third-order valence-electron chi connectivity index (χ3n) is 2.98. The Morgan fingerprint density at radius 2 is 1.89 bits per heavy atom. The fourth-order valence-electron chi connectivity index (χ4n) is 1.40. The van der Waals surface area contributed by atoms with Crippen LogP contribution >= 0.6 is 0 Å². The smallest absolute Gasteiger partial charge is 0.241 e. The van der Waals surface area contributed by atoms with Gasteiger partial charge in [-0.1, -0.05) is 6.92 Å². The molecule has 0 bridgehead atoms. The van der Waals surface area contributed by atoms with Gasteiger partial charge in [0.1, 0.15) is 5.75 Å². The number of hydrogen-bond donors (Lipinski definition) is 2. The summed E-state index contributed by atoms with van der Waals surface area (Å²) in [5, 5.41) is 0. The van der Waals surface area contributed by atoms with Crippen LogP contribution in [-0.2, 0) is 10.0 Å². The molecule has 1 atom stereocenters. The molecule has 0 saturated heterocycles. The van der Waals surface area contributed by atoms with Crippen molar-refractivity contribution in [3.63, 3.8) is 0 Å². The lowest BCUT2D eigenvalue weighted by Crippen LogP contribution is -2.50. The number of hydrogen-bond acceptors (Lipinski definition) is 4. The Morgan fingerprint density at radius 3 is 2.28 bits per heavy atom. The van der Waals surface area contributed by atoms with E-state index in [4.69, 9.17) is 10.5 Å². The van der Waals surface area contributed by atoms with Crippen molar-refractivity contribution in [1.29, 1.82) is 0 Å². The molecule has 3 N–H and O–H groups in total. The van der Waals surface area contributed by atoms with E-state index in [0.29, 0.717) is 12.2 Å². The van der Waals surface area contributed by atoms with E-state index in [2.05, 4.69) is 4.72 Å². The molecule has 1 unspecified atom stereocenters. The van der Waals surface area contributed by atoms with Crippen molar-refractivity contribution in [2.45, 2.75) is 30.7 Å². The number of ether oxygens (including phenoxy) is 1. The van der Waals surface area contributed by atoms with Gasteiger partial charge in [0.2, 0.25) is 10.0 Å². The Hall–Kier alpha value is -1.11. The van der Waals surface area contributed by atoms with E-state index < -0.39 is 15.6 Å². The summed E-state index contributed by atoms with van der Waals surface area (Å²) in [5.74, 6) is 0.617. The maximum atomic E-state index is 12.2. The fraction of sp³-hybridized carbons (Fsp3) is 0.500. The zero-order valence-electron chi connectivity index (χ0n) is 10.9. The van der Waals surface area contributed by atoms with Crippen molar-refractivity contribution >= 4 is 10.0 Å². The van der Waals surface area contributed by atoms with Crippen LogP contribution in [0.1, 0.15) is 20.3 Å². The first-order valence-corrected chi connectivity index (χ1v) is 7.23. The minimum absolute atomic E-state index is 0.205. The molecule has 0 amide bonds. The second kappa shape index (κ2) is 5.69. The maximum absolute atomic E-state index is 12.2. The largest absolute Gasteiger partial charge is 0.497 e. The van der Waals surface area contributed by atoms with E-state index in [1.165, 1.54) is 19.2 Å². The molecule has 0 heterocycles. The minimum atomic E-state index is -3.55. The van der Waals surface area contributed by atoms with Crippen LogP contribution in [-0.4, -0.2) is 27.6 Å². The second-order valence-corrected chi connectivity index (χ2v) is 6.08. The highest BCUT2D eigenvalue weighted by atomic mass is 32.2. The van der Waals surface area contributed by atoms with Crippen molar-refractivity contribution in [1.82, 2.24) is 4.72 Å². The molecule has 1 rings (SSSR count). The van der Waals surface area contributed by atoms with Gasteiger partial charge in [-0.25, -0.2) is 13.1 Å². The Bertz CT molecular complexity index is 479. The molecule has 0 radical (unpaired) electrons. The van der Waals surface area contributed by atoms with Crippen molar-refractivity contribution in [3.8, 4) is 5.75 Å². The molecule has 0 aliphatic heterocycles. The van der Waals surface area contributed by atoms with Crippen molar-refractivity contribution < 1.29 is 13.2 Å². The third-order valence-corrected chi connectivity index (χ3v) is 4.64. The maximum Gasteiger partial charge on any atom is 0.241 e. The summed E-state index contributed by atoms with van der Waals surface area (Å²) in [7, 11) is -2.02. The zero-order chi connectivity index (χ0) is 13.8. The summed E-state index contributed by atoms with van der Waals surface area (Å²) in [5.41, 5.74) is 4.98. The van der Waals surface area contributed by atoms with Gasteiger partial charge in [0, 0.05) is 12.1 Å². The van der Waals surface area contributed by atoms with E-state index in [0.717, 1.165) is 0 Å². The number of sulfonamides is 1. The van der Waals surface area contributed by atoms with Crippen molar-refractivity contribution in [2.24, 2.45) is 5.73 Å². The minimum Gasteiger partial charge on any atom is -0.497 e. The summed E-state index contributed by atoms with van der Waals surface area (Å²) in [6.07, 6.45) is 0.624. The van der Waals surface area contributed by atoms with E-state index in [9.17, 15) is 8.42 Å². The Kier molecular flexibility index (Phi) is 4.72. The summed E-state index contributed by atoms with van der Waals surface area (Å²) in [4.78, 5) is 0.205. The number of nitrogens with two attached hydrogens (primary N) is 1. The lowest BCUT2D eigenvalue weighted by atomic mass is 10.0. The van der Waals surface area contributed by atoms with Gasteiger partial charge in [-0.15, -0.1) is 0 Å². The number of methoxy groups -OCH3 is 1. The molecule has 0 spiro atoms. The monoisotopic (exact) mass is 272 g/mol. The van der Waals surface area contributed by atoms with Gasteiger partial charge >= 0.3 is 0 Å². The van der Waals surface area contributed by atoms with Gasteiger partial charge in [0.15, 0.2) is 0 Å². The molecule has 5 nitrogen and oxygen atoms in total. The fourth-order valence-corrected chi connectivity index (χ4v) is 2.89. The van der Waals surface area contributed by atoms with Gasteiger partial charge in [0.25, 0.3) is 0 Å². The highest BCUT2D eigenvalue weighted by molar-refractivity contribution is 7.89. The summed E-state index contributed by atoms with van der Waals surface area (Å²) in [6.45, 7) is 3.93. The first-order chi connectivity index (χ1) is 8.37. The SMILES string of the molecule is CCC(C)(CN)NS(=O)(=O)c1ccc(OC)cc1. The Morgan fingerprint density at radius 1 is 1.33 bits per heavy atom. The molecule has 0 saturated carbocycles. The molecular weight excluding hydrogens is 252 g/mol. The van der Waals surface area contributed by atoms with Crippen LogP contribution in [0.2, 0.25) is 0 Å². The molecule has 1 aromatic rings. The third kappa shape index (κ3) is 3.44. The molecule has 1 aromatic carbocycles. The van der Waals surface area contributed by atoms with Crippen LogP contribution in [0.5, 0.6) is 5.75 Å². The summed E-state index contributed by atoms with van der Waals surface area (Å²) < 4.78 is 31.9. The zero-order valence-corrected chi connectivity index (χ0v) is 11.8. The Labute approximate surface area is 108 Å².